The molecule has 0 bridgehead atoms. The molecule has 1 aromatic heterocycles. The zero-order valence-corrected chi connectivity index (χ0v) is 12.1. The normalized spacial score (nSPS) is 28.1. The lowest BCUT2D eigenvalue weighted by Gasteiger charge is -2.36. The number of aromatic nitrogens is 2. The van der Waals surface area contributed by atoms with Crippen molar-refractivity contribution in [1.29, 1.82) is 0 Å². The number of piperazine rings is 1. The van der Waals surface area contributed by atoms with E-state index in [0.29, 0.717) is 26.2 Å². The van der Waals surface area contributed by atoms with Crippen molar-refractivity contribution in [3.05, 3.63) is 16.3 Å². The summed E-state index contributed by atoms with van der Waals surface area (Å²) in [6.07, 6.45) is 1.36. The fourth-order valence-corrected chi connectivity index (χ4v) is 2.96. The van der Waals surface area contributed by atoms with Gasteiger partial charge in [0.15, 0.2) is 0 Å². The highest BCUT2D eigenvalue weighted by Crippen LogP contribution is 2.31. The van der Waals surface area contributed by atoms with Crippen LogP contribution in [-0.2, 0) is 11.3 Å². The van der Waals surface area contributed by atoms with Gasteiger partial charge < -0.3 is 25.3 Å². The number of rotatable bonds is 4. The number of carboxylic acids is 1. The van der Waals surface area contributed by atoms with Gasteiger partial charge in [-0.25, -0.2) is 0 Å². The van der Waals surface area contributed by atoms with Crippen LogP contribution in [0, 0.1) is 10.1 Å². The second kappa shape index (κ2) is 5.21. The van der Waals surface area contributed by atoms with Gasteiger partial charge in [-0.15, -0.1) is 0 Å². The minimum absolute atomic E-state index is 0.231. The largest absolute Gasteiger partial charge is 0.480 e. The summed E-state index contributed by atoms with van der Waals surface area (Å²) in [5.74, 6) is -1.10. The van der Waals surface area contributed by atoms with Gasteiger partial charge in [-0.05, 0) is 11.8 Å². The molecule has 2 aliphatic heterocycles. The average Bonchev–Trinajstić information content (AvgIpc) is 2.93. The number of fused-ring (bicyclic) bond motifs is 1. The van der Waals surface area contributed by atoms with Gasteiger partial charge in [-0.2, -0.15) is 0 Å². The summed E-state index contributed by atoms with van der Waals surface area (Å²) >= 11 is 0. The third-order valence-corrected chi connectivity index (χ3v) is 3.87. The highest BCUT2D eigenvalue weighted by atomic mass is 16.6. The fraction of sp³-hybridized carbons (Fsp3) is 0.667. The van der Waals surface area contributed by atoms with Crippen LogP contribution in [0.2, 0.25) is 0 Å². The third kappa shape index (κ3) is 2.74. The van der Waals surface area contributed by atoms with E-state index in [0.717, 1.165) is 6.54 Å². The fourth-order valence-electron chi connectivity index (χ4n) is 2.96. The molecular weight excluding hydrogens is 294 g/mol. The van der Waals surface area contributed by atoms with E-state index >= 15 is 0 Å². The van der Waals surface area contributed by atoms with Crippen LogP contribution in [0.4, 0.5) is 5.82 Å². The summed E-state index contributed by atoms with van der Waals surface area (Å²) in [4.78, 5) is 27.1. The molecule has 3 heterocycles. The molecule has 0 aromatic carbocycles. The molecule has 10 heteroatoms. The lowest BCUT2D eigenvalue weighted by atomic mass is 10.1. The molecule has 10 nitrogen and oxygen atoms in total. The Morgan fingerprint density at radius 3 is 3.14 bits per heavy atom. The number of aliphatic carboxylic acids is 1. The molecule has 120 valence electrons. The van der Waals surface area contributed by atoms with E-state index in [9.17, 15) is 14.9 Å². The molecule has 1 saturated heterocycles. The zero-order valence-electron chi connectivity index (χ0n) is 12.1. The van der Waals surface area contributed by atoms with Gasteiger partial charge in [-0.1, -0.05) is 0 Å². The van der Waals surface area contributed by atoms with Crippen LogP contribution >= 0.6 is 0 Å². The van der Waals surface area contributed by atoms with Crippen molar-refractivity contribution >= 4 is 11.8 Å². The summed E-state index contributed by atoms with van der Waals surface area (Å²) in [5.41, 5.74) is -0.572. The van der Waals surface area contributed by atoms with Crippen LogP contribution in [0.5, 0.6) is 6.01 Å². The van der Waals surface area contributed by atoms with Crippen LogP contribution in [-0.4, -0.2) is 68.3 Å². The Hall–Kier alpha value is -2.20. The summed E-state index contributed by atoms with van der Waals surface area (Å²) < 4.78 is 7.38. The molecule has 2 unspecified atom stereocenters. The molecule has 1 fully saturated rings. The average molecular weight is 311 g/mol. The highest BCUT2D eigenvalue weighted by molar-refractivity contribution is 5.73. The van der Waals surface area contributed by atoms with E-state index in [4.69, 9.17) is 9.84 Å². The standard InChI is InChI=1S/C12H17N5O5/c1-12(6-15-3-2-13-8(4-15)10(18)19)7-16-5-9(17(20)21)14-11(16)22-12/h5,8,13H,2-4,6-7H2,1H3,(H,18,19). The smallest absolute Gasteiger partial charge is 0.415 e. The lowest BCUT2D eigenvalue weighted by Crippen LogP contribution is -2.57. The first kappa shape index (κ1) is 14.7. The van der Waals surface area contributed by atoms with Gasteiger partial charge >= 0.3 is 17.8 Å². The van der Waals surface area contributed by atoms with Gasteiger partial charge in [-0.3, -0.25) is 14.3 Å². The monoisotopic (exact) mass is 311 g/mol. The number of ether oxygens (including phenoxy) is 1. The van der Waals surface area contributed by atoms with Crippen LogP contribution in [0.1, 0.15) is 6.92 Å². The van der Waals surface area contributed by atoms with Gasteiger partial charge in [0.2, 0.25) is 0 Å². The highest BCUT2D eigenvalue weighted by Gasteiger charge is 2.42. The Labute approximate surface area is 125 Å². The molecule has 22 heavy (non-hydrogen) atoms. The minimum Gasteiger partial charge on any atom is -0.480 e. The molecule has 2 N–H and O–H groups in total. The van der Waals surface area contributed by atoms with E-state index in [-0.39, 0.29) is 11.8 Å². The van der Waals surface area contributed by atoms with Gasteiger partial charge in [0.05, 0.1) is 6.54 Å². The predicted molar refractivity (Wildman–Crippen MR) is 73.8 cm³/mol. The number of carboxylic acid groups (broad SMARTS) is 1. The maximum absolute atomic E-state index is 11.1. The van der Waals surface area contributed by atoms with E-state index in [1.165, 1.54) is 6.20 Å². The number of hydrogen-bond donors (Lipinski definition) is 2. The molecule has 0 saturated carbocycles. The van der Waals surface area contributed by atoms with Crippen LogP contribution in [0.15, 0.2) is 6.20 Å². The second-order valence-corrected chi connectivity index (χ2v) is 5.90. The van der Waals surface area contributed by atoms with Crippen LogP contribution in [0.25, 0.3) is 0 Å². The van der Waals surface area contributed by atoms with Crippen molar-refractivity contribution in [2.24, 2.45) is 0 Å². The molecule has 2 atom stereocenters. The Bertz CT molecular complexity index is 592. The molecule has 3 rings (SSSR count). The molecule has 2 aliphatic rings. The van der Waals surface area contributed by atoms with Crippen molar-refractivity contribution in [2.75, 3.05) is 26.2 Å². The number of hydrogen-bond acceptors (Lipinski definition) is 7. The maximum Gasteiger partial charge on any atom is 0.415 e. The molecule has 0 amide bonds. The lowest BCUT2D eigenvalue weighted by molar-refractivity contribution is -0.389. The van der Waals surface area contributed by atoms with Crippen molar-refractivity contribution in [1.82, 2.24) is 19.8 Å². The van der Waals surface area contributed by atoms with Gasteiger partial charge in [0.25, 0.3) is 0 Å². The Balaban J connectivity index is 1.65. The maximum atomic E-state index is 11.1. The SMILES string of the molecule is CC1(CN2CCNC(C(=O)O)C2)Cn2cc([N+](=O)[O-])nc2O1. The van der Waals surface area contributed by atoms with Gasteiger partial charge in [0.1, 0.15) is 17.8 Å². The van der Waals surface area contributed by atoms with Gasteiger partial charge in [0, 0.05) is 31.2 Å². The Kier molecular flexibility index (Phi) is 3.49. The van der Waals surface area contributed by atoms with Crippen LogP contribution in [0.3, 0.4) is 0 Å². The summed E-state index contributed by atoms with van der Waals surface area (Å²) in [5, 5.41) is 22.7. The zero-order chi connectivity index (χ0) is 15.9. The Morgan fingerprint density at radius 1 is 1.73 bits per heavy atom. The molecule has 0 spiro atoms. The van der Waals surface area contributed by atoms with Crippen LogP contribution < -0.4 is 10.1 Å². The topological polar surface area (TPSA) is 123 Å². The molecular formula is C12H17N5O5. The van der Waals surface area contributed by atoms with Crippen molar-refractivity contribution in [2.45, 2.75) is 25.1 Å². The molecule has 0 radical (unpaired) electrons. The predicted octanol–water partition coefficient (Wildman–Crippen LogP) is -0.699. The third-order valence-electron chi connectivity index (χ3n) is 3.87. The molecule has 0 aliphatic carbocycles. The first-order chi connectivity index (χ1) is 10.4. The minimum atomic E-state index is -0.870. The van der Waals surface area contributed by atoms with E-state index in [1.807, 2.05) is 11.8 Å². The summed E-state index contributed by atoms with van der Waals surface area (Å²) in [7, 11) is 0. The summed E-state index contributed by atoms with van der Waals surface area (Å²) in [6.45, 7) is 4.61. The number of carbonyl (C=O) groups is 1. The first-order valence-electron chi connectivity index (χ1n) is 6.95. The van der Waals surface area contributed by atoms with Crippen molar-refractivity contribution in [3.8, 4) is 6.01 Å². The number of nitro groups is 1. The van der Waals surface area contributed by atoms with E-state index < -0.39 is 22.5 Å². The number of nitrogens with one attached hydrogen (secondary N) is 1. The number of imidazole rings is 1. The van der Waals surface area contributed by atoms with E-state index in [2.05, 4.69) is 10.3 Å². The second-order valence-electron chi connectivity index (χ2n) is 5.90. The quantitative estimate of drug-likeness (QED) is 0.553. The first-order valence-corrected chi connectivity index (χ1v) is 6.95. The van der Waals surface area contributed by atoms with Crippen molar-refractivity contribution in [3.63, 3.8) is 0 Å². The Morgan fingerprint density at radius 2 is 2.50 bits per heavy atom. The molecule has 1 aromatic rings. The van der Waals surface area contributed by atoms with E-state index in [1.54, 1.807) is 4.57 Å². The number of nitrogens with zero attached hydrogens (tertiary/aromatic N) is 4. The van der Waals surface area contributed by atoms with Crippen molar-refractivity contribution < 1.29 is 19.6 Å². The summed E-state index contributed by atoms with van der Waals surface area (Å²) in [6, 6.07) is -0.351.